The van der Waals surface area contributed by atoms with Gasteiger partial charge in [0.05, 0.1) is 17.8 Å². The molecule has 5 rings (SSSR count). The molecule has 204 valence electrons. The van der Waals surface area contributed by atoms with Crippen LogP contribution in [-0.2, 0) is 25.7 Å². The summed E-state index contributed by atoms with van der Waals surface area (Å²) in [4.78, 5) is 0. The van der Waals surface area contributed by atoms with Gasteiger partial charge in [-0.05, 0) is 54.3 Å². The Balaban J connectivity index is 1.58. The highest BCUT2D eigenvalue weighted by molar-refractivity contribution is 6.30. The van der Waals surface area contributed by atoms with Crippen LogP contribution in [0.2, 0.25) is 5.02 Å². The van der Waals surface area contributed by atoms with E-state index in [-0.39, 0.29) is 29.3 Å². The number of fused-ring (bicyclic) bond motifs is 1. The Bertz CT molecular complexity index is 1710. The first-order valence-corrected chi connectivity index (χ1v) is 13.0. The number of benzene rings is 4. The van der Waals surface area contributed by atoms with Gasteiger partial charge >= 0.3 is 6.18 Å². The first kappa shape index (κ1) is 27.5. The van der Waals surface area contributed by atoms with Crippen LogP contribution in [0.1, 0.15) is 27.8 Å². The highest BCUT2D eigenvalue weighted by Crippen LogP contribution is 2.38. The number of para-hydroxylation sites is 1. The number of alkyl halides is 3. The van der Waals surface area contributed by atoms with Crippen molar-refractivity contribution in [3.63, 3.8) is 0 Å². The zero-order valence-corrected chi connectivity index (χ0v) is 22.4. The molecule has 0 spiro atoms. The predicted molar refractivity (Wildman–Crippen MR) is 150 cm³/mol. The van der Waals surface area contributed by atoms with E-state index in [0.717, 1.165) is 28.5 Å². The third-order valence-corrected chi connectivity index (χ3v) is 6.89. The molecule has 0 saturated carbocycles. The van der Waals surface area contributed by atoms with E-state index in [1.165, 1.54) is 28.9 Å². The Morgan fingerprint density at radius 2 is 1.75 bits per heavy atom. The van der Waals surface area contributed by atoms with E-state index in [9.17, 15) is 17.6 Å². The van der Waals surface area contributed by atoms with E-state index in [0.29, 0.717) is 23.1 Å². The maximum absolute atomic E-state index is 14.7. The second kappa shape index (κ2) is 11.2. The monoisotopic (exact) mass is 564 g/mol. The summed E-state index contributed by atoms with van der Waals surface area (Å²) in [6.07, 6.45) is -2.13. The molecule has 8 heteroatoms. The van der Waals surface area contributed by atoms with Gasteiger partial charge in [0.2, 0.25) is 0 Å². The molecule has 0 radical (unpaired) electrons. The van der Waals surface area contributed by atoms with Gasteiger partial charge in [0.15, 0.2) is 0 Å². The van der Waals surface area contributed by atoms with E-state index >= 15 is 0 Å². The van der Waals surface area contributed by atoms with Crippen LogP contribution in [0.25, 0.3) is 22.2 Å². The summed E-state index contributed by atoms with van der Waals surface area (Å²) in [6, 6.07) is 21.4. The van der Waals surface area contributed by atoms with Crippen LogP contribution in [0.5, 0.6) is 5.75 Å². The summed E-state index contributed by atoms with van der Waals surface area (Å²) in [5.41, 5.74) is 3.10. The summed E-state index contributed by atoms with van der Waals surface area (Å²) in [7, 11) is 0. The minimum absolute atomic E-state index is 0.0842. The topological polar surface area (TPSA) is 27.1 Å². The molecular formula is C32H25ClF4N2O. The normalized spacial score (nSPS) is 11.7. The maximum Gasteiger partial charge on any atom is 0.418 e. The van der Waals surface area contributed by atoms with E-state index in [2.05, 4.69) is 11.7 Å². The van der Waals surface area contributed by atoms with Gasteiger partial charge in [-0.2, -0.15) is 18.3 Å². The van der Waals surface area contributed by atoms with Crippen molar-refractivity contribution in [2.24, 2.45) is 0 Å². The van der Waals surface area contributed by atoms with E-state index in [4.69, 9.17) is 16.3 Å². The highest BCUT2D eigenvalue weighted by Gasteiger charge is 2.34. The molecule has 0 bridgehead atoms. The van der Waals surface area contributed by atoms with Gasteiger partial charge in [-0.1, -0.05) is 72.3 Å². The van der Waals surface area contributed by atoms with Gasteiger partial charge < -0.3 is 4.74 Å². The van der Waals surface area contributed by atoms with Crippen molar-refractivity contribution < 1.29 is 22.3 Å². The fourth-order valence-electron chi connectivity index (χ4n) is 4.81. The van der Waals surface area contributed by atoms with Gasteiger partial charge in [0.25, 0.3) is 0 Å². The van der Waals surface area contributed by atoms with Crippen molar-refractivity contribution in [3.05, 3.63) is 130 Å². The lowest BCUT2D eigenvalue weighted by Crippen LogP contribution is -2.07. The van der Waals surface area contributed by atoms with Crippen LogP contribution in [-0.4, -0.2) is 9.78 Å². The average Bonchev–Trinajstić information content (AvgIpc) is 3.27. The van der Waals surface area contributed by atoms with Crippen molar-refractivity contribution in [3.8, 4) is 17.0 Å². The number of hydrogen-bond acceptors (Lipinski definition) is 2. The van der Waals surface area contributed by atoms with Crippen LogP contribution in [0.4, 0.5) is 17.6 Å². The van der Waals surface area contributed by atoms with Gasteiger partial charge in [0.1, 0.15) is 23.7 Å². The number of aryl methyl sites for hydroxylation is 1. The zero-order chi connectivity index (χ0) is 28.4. The largest absolute Gasteiger partial charge is 0.488 e. The smallest absolute Gasteiger partial charge is 0.418 e. The minimum atomic E-state index is -4.60. The lowest BCUT2D eigenvalue weighted by atomic mass is 10.0. The van der Waals surface area contributed by atoms with Gasteiger partial charge in [0, 0.05) is 21.5 Å². The minimum Gasteiger partial charge on any atom is -0.488 e. The fraction of sp³-hybridized carbons (Fsp3) is 0.156. The molecule has 0 saturated heterocycles. The molecule has 1 aromatic heterocycles. The third-order valence-electron chi connectivity index (χ3n) is 6.65. The summed E-state index contributed by atoms with van der Waals surface area (Å²) in [5.74, 6) is 0.209. The molecule has 0 aliphatic rings. The number of allylic oxidation sites excluding steroid dienone is 1. The van der Waals surface area contributed by atoms with E-state index < -0.39 is 17.6 Å². The molecule has 3 nitrogen and oxygen atoms in total. The van der Waals surface area contributed by atoms with Crippen LogP contribution in [0, 0.1) is 12.7 Å². The number of halogens is 5. The molecule has 0 atom stereocenters. The molecule has 0 aliphatic carbocycles. The van der Waals surface area contributed by atoms with Crippen molar-refractivity contribution >= 4 is 22.5 Å². The van der Waals surface area contributed by atoms with Crippen molar-refractivity contribution in [2.75, 3.05) is 0 Å². The summed E-state index contributed by atoms with van der Waals surface area (Å²) < 4.78 is 64.0. The number of ether oxygens (including phenoxy) is 1. The van der Waals surface area contributed by atoms with Gasteiger partial charge in [-0.25, -0.2) is 4.39 Å². The SMILES string of the molecule is C=CCc1cccc(C)c1OCc1cccc(-c2c3cccc(C(F)(F)F)c3nn2Cc2ccc(Cl)cc2F)c1. The van der Waals surface area contributed by atoms with Crippen LogP contribution >= 0.6 is 11.6 Å². The van der Waals surface area contributed by atoms with Crippen molar-refractivity contribution in [2.45, 2.75) is 32.7 Å². The Labute approximate surface area is 234 Å². The van der Waals surface area contributed by atoms with Crippen LogP contribution in [0.3, 0.4) is 0 Å². The molecule has 4 aromatic carbocycles. The lowest BCUT2D eigenvalue weighted by Gasteiger charge is -2.14. The maximum atomic E-state index is 14.7. The summed E-state index contributed by atoms with van der Waals surface area (Å²) in [6.45, 7) is 5.94. The van der Waals surface area contributed by atoms with E-state index in [1.807, 2.05) is 49.4 Å². The molecule has 40 heavy (non-hydrogen) atoms. The molecule has 1 heterocycles. The molecule has 0 unspecified atom stereocenters. The third kappa shape index (κ3) is 5.61. The summed E-state index contributed by atoms with van der Waals surface area (Å²) >= 11 is 5.91. The lowest BCUT2D eigenvalue weighted by molar-refractivity contribution is -0.136. The first-order valence-electron chi connectivity index (χ1n) is 12.6. The molecule has 5 aromatic rings. The highest BCUT2D eigenvalue weighted by atomic mass is 35.5. The Kier molecular flexibility index (Phi) is 7.68. The Morgan fingerprint density at radius 1 is 0.975 bits per heavy atom. The van der Waals surface area contributed by atoms with Gasteiger partial charge in [-0.15, -0.1) is 6.58 Å². The quantitative estimate of drug-likeness (QED) is 0.139. The zero-order valence-electron chi connectivity index (χ0n) is 21.6. The number of nitrogens with zero attached hydrogens (tertiary/aromatic N) is 2. The predicted octanol–water partition coefficient (Wildman–Crippen LogP) is 9.18. The Morgan fingerprint density at radius 3 is 2.50 bits per heavy atom. The summed E-state index contributed by atoms with van der Waals surface area (Å²) in [5, 5.41) is 4.88. The average molecular weight is 565 g/mol. The van der Waals surface area contributed by atoms with Gasteiger partial charge in [-0.3, -0.25) is 4.68 Å². The Hall–Kier alpha value is -4.10. The standard InChI is InChI=1S/C32H25ClF4N2O/c1-3-7-22-10-4-8-20(2)31(22)40-19-21-9-5-11-23(16-21)30-26-12-6-13-27(32(35,36)37)29(26)38-39(30)18-24-14-15-25(33)17-28(24)34/h3-6,8-17H,1,7,18-19H2,2H3. The van der Waals surface area contributed by atoms with Crippen LogP contribution in [0.15, 0.2) is 91.5 Å². The second-order valence-corrected chi connectivity index (χ2v) is 9.92. The van der Waals surface area contributed by atoms with Crippen LogP contribution < -0.4 is 4.74 Å². The number of rotatable bonds is 8. The molecule has 0 amide bonds. The molecular weight excluding hydrogens is 540 g/mol. The number of aromatic nitrogens is 2. The number of hydrogen-bond donors (Lipinski definition) is 0. The molecule has 0 N–H and O–H groups in total. The van der Waals surface area contributed by atoms with Crippen molar-refractivity contribution in [1.29, 1.82) is 0 Å². The molecule has 0 aliphatic heterocycles. The molecule has 0 fully saturated rings. The second-order valence-electron chi connectivity index (χ2n) is 9.49. The van der Waals surface area contributed by atoms with E-state index in [1.54, 1.807) is 12.1 Å². The first-order chi connectivity index (χ1) is 19.2. The van der Waals surface area contributed by atoms with Crippen molar-refractivity contribution in [1.82, 2.24) is 9.78 Å². The fourth-order valence-corrected chi connectivity index (χ4v) is 4.97.